The Kier molecular flexibility index (Phi) is 3.15. The van der Waals surface area contributed by atoms with Crippen molar-refractivity contribution in [3.8, 4) is 0 Å². The normalized spacial score (nSPS) is 10.9. The van der Waals surface area contributed by atoms with Crippen molar-refractivity contribution in [2.45, 2.75) is 13.5 Å². The minimum atomic E-state index is 0.139. The predicted octanol–water partition coefficient (Wildman–Crippen LogP) is 2.51. The number of hydrogen-bond acceptors (Lipinski definition) is 5. The van der Waals surface area contributed by atoms with Crippen molar-refractivity contribution in [2.75, 3.05) is 11.1 Å². The van der Waals surface area contributed by atoms with Gasteiger partial charge in [0.2, 0.25) is 5.95 Å². The van der Waals surface area contributed by atoms with Crippen LogP contribution in [0.2, 0.25) is 5.15 Å². The zero-order valence-corrected chi connectivity index (χ0v) is 11.6. The van der Waals surface area contributed by atoms with Crippen LogP contribution in [-0.4, -0.2) is 19.9 Å². The van der Waals surface area contributed by atoms with Crippen LogP contribution in [0.4, 0.5) is 11.8 Å². The van der Waals surface area contributed by atoms with Gasteiger partial charge in [0.1, 0.15) is 16.8 Å². The highest BCUT2D eigenvalue weighted by atomic mass is 35.5. The first-order valence-electron chi connectivity index (χ1n) is 6.10. The molecule has 1 aromatic carbocycles. The van der Waals surface area contributed by atoms with Gasteiger partial charge >= 0.3 is 0 Å². The number of imidazole rings is 1. The maximum absolute atomic E-state index is 5.82. The van der Waals surface area contributed by atoms with Crippen LogP contribution in [0.1, 0.15) is 11.4 Å². The summed E-state index contributed by atoms with van der Waals surface area (Å²) in [6.07, 6.45) is 0. The first-order chi connectivity index (χ1) is 9.61. The summed E-state index contributed by atoms with van der Waals surface area (Å²) in [5, 5.41) is 3.42. The van der Waals surface area contributed by atoms with E-state index in [1.54, 1.807) is 6.07 Å². The van der Waals surface area contributed by atoms with Gasteiger partial charge < -0.3 is 16.0 Å². The first-order valence-corrected chi connectivity index (χ1v) is 6.48. The van der Waals surface area contributed by atoms with Gasteiger partial charge in [-0.15, -0.1) is 0 Å². The Morgan fingerprint density at radius 1 is 1.30 bits per heavy atom. The number of aromatic nitrogens is 4. The molecule has 0 unspecified atom stereocenters. The fourth-order valence-corrected chi connectivity index (χ4v) is 2.20. The molecular weight excluding hydrogens is 276 g/mol. The second-order valence-electron chi connectivity index (χ2n) is 4.44. The standard InChI is InChI=1S/C13H13ClN6/c1-7-3-2-4-8-12(7)19-11(17-8)6-16-10-5-9(14)18-13(15)20-10/h2-5H,6H2,1H3,(H,17,19)(H3,15,16,18,20). The molecule has 0 saturated carbocycles. The van der Waals surface area contributed by atoms with Gasteiger partial charge in [0, 0.05) is 6.07 Å². The monoisotopic (exact) mass is 288 g/mol. The second-order valence-corrected chi connectivity index (χ2v) is 4.83. The van der Waals surface area contributed by atoms with Gasteiger partial charge in [0.05, 0.1) is 17.6 Å². The van der Waals surface area contributed by atoms with Crippen LogP contribution < -0.4 is 11.1 Å². The lowest BCUT2D eigenvalue weighted by atomic mass is 10.2. The van der Waals surface area contributed by atoms with Crippen LogP contribution in [0.15, 0.2) is 24.3 Å². The van der Waals surface area contributed by atoms with E-state index in [0.29, 0.717) is 17.5 Å². The van der Waals surface area contributed by atoms with Crippen LogP contribution in [0.5, 0.6) is 0 Å². The number of para-hydroxylation sites is 1. The third-order valence-corrected chi connectivity index (χ3v) is 3.11. The fourth-order valence-electron chi connectivity index (χ4n) is 2.01. The molecule has 0 bridgehead atoms. The summed E-state index contributed by atoms with van der Waals surface area (Å²) in [5.41, 5.74) is 8.67. The number of H-pyrrole nitrogens is 1. The number of aromatic amines is 1. The summed E-state index contributed by atoms with van der Waals surface area (Å²) in [6, 6.07) is 7.65. The Balaban J connectivity index is 1.81. The van der Waals surface area contributed by atoms with Crippen LogP contribution >= 0.6 is 11.6 Å². The van der Waals surface area contributed by atoms with Crippen molar-refractivity contribution in [2.24, 2.45) is 0 Å². The largest absolute Gasteiger partial charge is 0.368 e. The number of anilines is 2. The van der Waals surface area contributed by atoms with Crippen molar-refractivity contribution in [3.63, 3.8) is 0 Å². The minimum absolute atomic E-state index is 0.139. The van der Waals surface area contributed by atoms with Gasteiger partial charge in [-0.1, -0.05) is 23.7 Å². The molecule has 6 nitrogen and oxygen atoms in total. The lowest BCUT2D eigenvalue weighted by Gasteiger charge is -2.04. The molecule has 0 radical (unpaired) electrons. The van der Waals surface area contributed by atoms with Crippen molar-refractivity contribution < 1.29 is 0 Å². The smallest absolute Gasteiger partial charge is 0.223 e. The molecular formula is C13H13ClN6. The quantitative estimate of drug-likeness (QED) is 0.644. The number of hydrogen-bond donors (Lipinski definition) is 3. The van der Waals surface area contributed by atoms with Gasteiger partial charge in [0.25, 0.3) is 0 Å². The summed E-state index contributed by atoms with van der Waals surface area (Å²) in [6.45, 7) is 2.53. The fraction of sp³-hybridized carbons (Fsp3) is 0.154. The summed E-state index contributed by atoms with van der Waals surface area (Å²) in [4.78, 5) is 15.7. The van der Waals surface area contributed by atoms with Crippen LogP contribution in [0, 0.1) is 6.92 Å². The molecule has 4 N–H and O–H groups in total. The molecule has 0 atom stereocenters. The lowest BCUT2D eigenvalue weighted by molar-refractivity contribution is 0.993. The molecule has 20 heavy (non-hydrogen) atoms. The highest BCUT2D eigenvalue weighted by Gasteiger charge is 2.05. The van der Waals surface area contributed by atoms with E-state index < -0.39 is 0 Å². The Labute approximate surface area is 120 Å². The Hall–Kier alpha value is -2.34. The Morgan fingerprint density at radius 2 is 2.15 bits per heavy atom. The summed E-state index contributed by atoms with van der Waals surface area (Å²) >= 11 is 5.82. The van der Waals surface area contributed by atoms with E-state index in [9.17, 15) is 0 Å². The van der Waals surface area contributed by atoms with Crippen molar-refractivity contribution in [1.82, 2.24) is 19.9 Å². The molecule has 3 rings (SSSR count). The van der Waals surface area contributed by atoms with E-state index in [1.807, 2.05) is 25.1 Å². The first kappa shape index (κ1) is 12.7. The van der Waals surface area contributed by atoms with Crippen molar-refractivity contribution >= 4 is 34.4 Å². The molecule has 0 saturated heterocycles. The number of nitrogens with two attached hydrogens (primary N) is 1. The zero-order chi connectivity index (χ0) is 14.1. The molecule has 0 spiro atoms. The highest BCUT2D eigenvalue weighted by Crippen LogP contribution is 2.17. The molecule has 0 amide bonds. The predicted molar refractivity (Wildman–Crippen MR) is 79.6 cm³/mol. The molecule has 7 heteroatoms. The van der Waals surface area contributed by atoms with Gasteiger partial charge in [-0.25, -0.2) is 9.97 Å². The van der Waals surface area contributed by atoms with Gasteiger partial charge in [-0.3, -0.25) is 0 Å². The Bertz CT molecular complexity index is 746. The van der Waals surface area contributed by atoms with E-state index >= 15 is 0 Å². The molecule has 102 valence electrons. The molecule has 0 fully saturated rings. The highest BCUT2D eigenvalue weighted by molar-refractivity contribution is 6.29. The Morgan fingerprint density at radius 3 is 2.90 bits per heavy atom. The van der Waals surface area contributed by atoms with E-state index in [0.717, 1.165) is 22.4 Å². The van der Waals surface area contributed by atoms with E-state index in [4.69, 9.17) is 17.3 Å². The molecule has 0 aliphatic rings. The van der Waals surface area contributed by atoms with E-state index in [-0.39, 0.29) is 5.95 Å². The number of nitrogen functional groups attached to an aromatic ring is 1. The van der Waals surface area contributed by atoms with Crippen LogP contribution in [-0.2, 0) is 6.54 Å². The van der Waals surface area contributed by atoms with Gasteiger partial charge in [0.15, 0.2) is 0 Å². The number of halogens is 1. The van der Waals surface area contributed by atoms with E-state index in [2.05, 4.69) is 25.3 Å². The molecule has 0 aliphatic carbocycles. The number of aryl methyl sites for hydroxylation is 1. The number of benzene rings is 1. The second kappa shape index (κ2) is 4.97. The summed E-state index contributed by atoms with van der Waals surface area (Å²) in [5.74, 6) is 1.53. The molecule has 2 aromatic heterocycles. The maximum Gasteiger partial charge on any atom is 0.223 e. The SMILES string of the molecule is Cc1cccc2[nH]c(CNc3cc(Cl)nc(N)n3)nc12. The third-order valence-electron chi connectivity index (χ3n) is 2.91. The van der Waals surface area contributed by atoms with Gasteiger partial charge in [-0.2, -0.15) is 4.98 Å². The van der Waals surface area contributed by atoms with Crippen molar-refractivity contribution in [3.05, 3.63) is 40.8 Å². The van der Waals surface area contributed by atoms with Crippen molar-refractivity contribution in [1.29, 1.82) is 0 Å². The maximum atomic E-state index is 5.82. The van der Waals surface area contributed by atoms with Gasteiger partial charge in [-0.05, 0) is 18.6 Å². The lowest BCUT2D eigenvalue weighted by Crippen LogP contribution is -2.05. The molecule has 0 aliphatic heterocycles. The minimum Gasteiger partial charge on any atom is -0.368 e. The number of nitrogens with zero attached hydrogens (tertiary/aromatic N) is 3. The third kappa shape index (κ3) is 2.50. The molecule has 2 heterocycles. The zero-order valence-electron chi connectivity index (χ0n) is 10.8. The number of rotatable bonds is 3. The summed E-state index contributed by atoms with van der Waals surface area (Å²) < 4.78 is 0. The average Bonchev–Trinajstić information content (AvgIpc) is 2.80. The number of nitrogens with one attached hydrogen (secondary N) is 2. The topological polar surface area (TPSA) is 92.5 Å². The van der Waals surface area contributed by atoms with Crippen LogP contribution in [0.25, 0.3) is 11.0 Å². The summed E-state index contributed by atoms with van der Waals surface area (Å²) in [7, 11) is 0. The average molecular weight is 289 g/mol. The van der Waals surface area contributed by atoms with Crippen LogP contribution in [0.3, 0.4) is 0 Å². The molecule has 3 aromatic rings. The number of fused-ring (bicyclic) bond motifs is 1. The van der Waals surface area contributed by atoms with E-state index in [1.165, 1.54) is 0 Å².